The molecule has 1 aliphatic rings. The third-order valence-electron chi connectivity index (χ3n) is 2.28. The summed E-state index contributed by atoms with van der Waals surface area (Å²) >= 11 is 0. The third kappa shape index (κ3) is 2.29. The van der Waals surface area contributed by atoms with Crippen LogP contribution in [-0.4, -0.2) is 17.9 Å². The topological polar surface area (TPSA) is 29.1 Å². The van der Waals surface area contributed by atoms with Gasteiger partial charge in [-0.2, -0.15) is 0 Å². The smallest absolute Gasteiger partial charge is 0.136 e. The first-order valence-corrected chi connectivity index (χ1v) is 4.37. The second-order valence-corrected chi connectivity index (χ2v) is 3.87. The van der Waals surface area contributed by atoms with Crippen LogP contribution in [0, 0.1) is 5.92 Å². The fourth-order valence-corrected chi connectivity index (χ4v) is 1.58. The van der Waals surface area contributed by atoms with Crippen molar-refractivity contribution in [2.75, 3.05) is 0 Å². The average Bonchev–Trinajstić information content (AvgIpc) is 1.85. The molecular formula is C9H17NO. The molecule has 0 radical (unpaired) electrons. The van der Waals surface area contributed by atoms with Gasteiger partial charge in [0.1, 0.15) is 5.78 Å². The van der Waals surface area contributed by atoms with E-state index >= 15 is 0 Å². The highest BCUT2D eigenvalue weighted by Gasteiger charge is 2.25. The lowest BCUT2D eigenvalue weighted by Gasteiger charge is -2.30. The molecule has 0 aliphatic carbocycles. The zero-order valence-electron chi connectivity index (χ0n) is 7.55. The Bertz CT molecular complexity index is 154. The van der Waals surface area contributed by atoms with E-state index in [4.69, 9.17) is 0 Å². The molecule has 1 saturated heterocycles. The molecule has 0 spiro atoms. The SMILES string of the molecule is CC(C)[C@@H]1CC(=O)C[C@@H](C)N1. The van der Waals surface area contributed by atoms with E-state index in [-0.39, 0.29) is 0 Å². The van der Waals surface area contributed by atoms with Gasteiger partial charge in [0.25, 0.3) is 0 Å². The normalized spacial score (nSPS) is 32.9. The van der Waals surface area contributed by atoms with Gasteiger partial charge in [0, 0.05) is 24.9 Å². The van der Waals surface area contributed by atoms with Crippen LogP contribution in [0.25, 0.3) is 0 Å². The van der Waals surface area contributed by atoms with Gasteiger partial charge < -0.3 is 5.32 Å². The first-order valence-electron chi connectivity index (χ1n) is 4.37. The predicted octanol–water partition coefficient (Wildman–Crippen LogP) is 1.35. The summed E-state index contributed by atoms with van der Waals surface area (Å²) in [4.78, 5) is 11.1. The molecule has 0 unspecified atom stereocenters. The molecule has 1 rings (SSSR count). The standard InChI is InChI=1S/C9H17NO/c1-6(2)9-5-8(11)4-7(3)10-9/h6-7,9-10H,4-5H2,1-3H3/t7-,9+/m1/s1. The van der Waals surface area contributed by atoms with Gasteiger partial charge in [-0.3, -0.25) is 4.79 Å². The molecule has 0 amide bonds. The van der Waals surface area contributed by atoms with E-state index in [2.05, 4.69) is 26.1 Å². The van der Waals surface area contributed by atoms with E-state index in [1.165, 1.54) is 0 Å². The number of carbonyl (C=O) groups excluding carboxylic acids is 1. The largest absolute Gasteiger partial charge is 0.310 e. The van der Waals surface area contributed by atoms with E-state index in [0.717, 1.165) is 6.42 Å². The highest BCUT2D eigenvalue weighted by atomic mass is 16.1. The minimum absolute atomic E-state index is 0.378. The van der Waals surface area contributed by atoms with Gasteiger partial charge in [-0.15, -0.1) is 0 Å². The average molecular weight is 155 g/mol. The Morgan fingerprint density at radius 1 is 1.45 bits per heavy atom. The predicted molar refractivity (Wildman–Crippen MR) is 45.5 cm³/mol. The minimum atomic E-state index is 0.378. The summed E-state index contributed by atoms with van der Waals surface area (Å²) in [7, 11) is 0. The Kier molecular flexibility index (Phi) is 2.66. The summed E-state index contributed by atoms with van der Waals surface area (Å²) in [5.74, 6) is 0.983. The van der Waals surface area contributed by atoms with E-state index in [9.17, 15) is 4.79 Å². The zero-order chi connectivity index (χ0) is 8.43. The number of Topliss-reactive ketones (excluding diaryl/α,β-unsaturated/α-hetero) is 1. The van der Waals surface area contributed by atoms with Crippen LogP contribution < -0.4 is 5.32 Å². The van der Waals surface area contributed by atoms with Crippen LogP contribution in [0.5, 0.6) is 0 Å². The van der Waals surface area contributed by atoms with Crippen LogP contribution in [0.1, 0.15) is 33.6 Å². The van der Waals surface area contributed by atoms with E-state index in [1.807, 2.05) is 0 Å². The van der Waals surface area contributed by atoms with Gasteiger partial charge >= 0.3 is 0 Å². The summed E-state index contributed by atoms with van der Waals surface area (Å²) < 4.78 is 0. The van der Waals surface area contributed by atoms with Crippen molar-refractivity contribution in [1.82, 2.24) is 5.32 Å². The van der Waals surface area contributed by atoms with Crippen LogP contribution >= 0.6 is 0 Å². The van der Waals surface area contributed by atoms with Crippen molar-refractivity contribution in [3.8, 4) is 0 Å². The van der Waals surface area contributed by atoms with Crippen LogP contribution in [-0.2, 0) is 4.79 Å². The number of hydrogen-bond acceptors (Lipinski definition) is 2. The van der Waals surface area contributed by atoms with Gasteiger partial charge in [-0.1, -0.05) is 13.8 Å². The van der Waals surface area contributed by atoms with Crippen molar-refractivity contribution < 1.29 is 4.79 Å². The van der Waals surface area contributed by atoms with Crippen molar-refractivity contribution in [2.24, 2.45) is 5.92 Å². The fraction of sp³-hybridized carbons (Fsp3) is 0.889. The maximum atomic E-state index is 11.1. The van der Waals surface area contributed by atoms with Gasteiger partial charge in [0.2, 0.25) is 0 Å². The highest BCUT2D eigenvalue weighted by molar-refractivity contribution is 5.80. The van der Waals surface area contributed by atoms with E-state index in [1.54, 1.807) is 0 Å². The Morgan fingerprint density at radius 2 is 2.09 bits per heavy atom. The molecule has 0 saturated carbocycles. The Balaban J connectivity index is 2.49. The number of piperidine rings is 1. The third-order valence-corrected chi connectivity index (χ3v) is 2.28. The second-order valence-electron chi connectivity index (χ2n) is 3.87. The number of hydrogen-bond donors (Lipinski definition) is 1. The molecule has 0 aromatic carbocycles. The molecule has 1 heterocycles. The molecule has 2 atom stereocenters. The molecular weight excluding hydrogens is 138 g/mol. The monoisotopic (exact) mass is 155 g/mol. The Morgan fingerprint density at radius 3 is 2.55 bits per heavy atom. The molecule has 0 bridgehead atoms. The fourth-order valence-electron chi connectivity index (χ4n) is 1.58. The number of nitrogens with one attached hydrogen (secondary N) is 1. The van der Waals surface area contributed by atoms with Gasteiger partial charge in [-0.05, 0) is 12.8 Å². The molecule has 11 heavy (non-hydrogen) atoms. The lowest BCUT2D eigenvalue weighted by Crippen LogP contribution is -2.46. The van der Waals surface area contributed by atoms with Gasteiger partial charge in [-0.25, -0.2) is 0 Å². The lowest BCUT2D eigenvalue weighted by molar-refractivity contribution is -0.121. The Labute approximate surface area is 68.4 Å². The molecule has 2 nitrogen and oxygen atoms in total. The molecule has 0 aromatic rings. The van der Waals surface area contributed by atoms with Crippen LogP contribution in [0.15, 0.2) is 0 Å². The first kappa shape index (κ1) is 8.72. The van der Waals surface area contributed by atoms with Crippen LogP contribution in [0.2, 0.25) is 0 Å². The van der Waals surface area contributed by atoms with E-state index in [0.29, 0.717) is 30.2 Å². The van der Waals surface area contributed by atoms with Crippen molar-refractivity contribution in [1.29, 1.82) is 0 Å². The molecule has 64 valence electrons. The molecule has 0 aromatic heterocycles. The number of carbonyl (C=O) groups is 1. The lowest BCUT2D eigenvalue weighted by atomic mass is 9.91. The summed E-state index contributed by atoms with van der Waals surface area (Å²) in [6.07, 6.45) is 1.44. The number of rotatable bonds is 1. The van der Waals surface area contributed by atoms with Gasteiger partial charge in [0.15, 0.2) is 0 Å². The Hall–Kier alpha value is -0.370. The van der Waals surface area contributed by atoms with Crippen LogP contribution in [0.4, 0.5) is 0 Å². The van der Waals surface area contributed by atoms with Crippen molar-refractivity contribution >= 4 is 5.78 Å². The van der Waals surface area contributed by atoms with Crippen molar-refractivity contribution in [3.63, 3.8) is 0 Å². The second kappa shape index (κ2) is 3.35. The summed E-state index contributed by atoms with van der Waals surface area (Å²) in [6.45, 7) is 6.39. The summed E-state index contributed by atoms with van der Waals surface area (Å²) in [6, 6.07) is 0.787. The molecule has 1 aliphatic heterocycles. The molecule has 1 N–H and O–H groups in total. The maximum Gasteiger partial charge on any atom is 0.136 e. The summed E-state index contributed by atoms with van der Waals surface area (Å²) in [5, 5.41) is 3.43. The van der Waals surface area contributed by atoms with E-state index < -0.39 is 0 Å². The van der Waals surface area contributed by atoms with Crippen LogP contribution in [0.3, 0.4) is 0 Å². The quantitative estimate of drug-likeness (QED) is 0.619. The van der Waals surface area contributed by atoms with Gasteiger partial charge in [0.05, 0.1) is 0 Å². The zero-order valence-corrected chi connectivity index (χ0v) is 7.55. The molecule has 1 fully saturated rings. The minimum Gasteiger partial charge on any atom is -0.310 e. The molecule has 2 heteroatoms. The maximum absolute atomic E-state index is 11.1. The first-order chi connectivity index (χ1) is 5.09. The highest BCUT2D eigenvalue weighted by Crippen LogP contribution is 2.15. The summed E-state index contributed by atoms with van der Waals surface area (Å²) in [5.41, 5.74) is 0. The van der Waals surface area contributed by atoms with Crippen molar-refractivity contribution in [2.45, 2.75) is 45.7 Å². The van der Waals surface area contributed by atoms with Crippen molar-refractivity contribution in [3.05, 3.63) is 0 Å². The number of ketones is 1.